The highest BCUT2D eigenvalue weighted by molar-refractivity contribution is 5.69. The highest BCUT2D eigenvalue weighted by atomic mass is 16.5. The predicted octanol–water partition coefficient (Wildman–Crippen LogP) is 6.38. The van der Waals surface area contributed by atoms with Crippen molar-refractivity contribution in [2.45, 2.75) is 90.9 Å². The Morgan fingerprint density at radius 2 is 1.54 bits per heavy atom. The van der Waals surface area contributed by atoms with E-state index in [0.717, 1.165) is 19.3 Å². The zero-order chi connectivity index (χ0) is 18.9. The van der Waals surface area contributed by atoms with Gasteiger partial charge in [0.2, 0.25) is 0 Å². The van der Waals surface area contributed by atoms with Gasteiger partial charge in [-0.2, -0.15) is 0 Å². The Morgan fingerprint density at radius 3 is 2.15 bits per heavy atom. The summed E-state index contributed by atoms with van der Waals surface area (Å²) in [5.74, 6) is -0.0520. The van der Waals surface area contributed by atoms with E-state index in [1.807, 2.05) is 0 Å². The van der Waals surface area contributed by atoms with E-state index in [0.29, 0.717) is 26.2 Å². The molecule has 1 aliphatic heterocycles. The number of rotatable bonds is 16. The molecule has 1 fully saturated rings. The molecule has 0 unspecified atom stereocenters. The minimum absolute atomic E-state index is 0.0520. The van der Waals surface area contributed by atoms with E-state index in [-0.39, 0.29) is 11.4 Å². The van der Waals surface area contributed by atoms with Gasteiger partial charge < -0.3 is 9.47 Å². The van der Waals surface area contributed by atoms with Crippen molar-refractivity contribution in [3.63, 3.8) is 0 Å². The van der Waals surface area contributed by atoms with E-state index in [2.05, 4.69) is 38.2 Å². The Balaban J connectivity index is 1.81. The topological polar surface area (TPSA) is 35.5 Å². The summed E-state index contributed by atoms with van der Waals surface area (Å²) in [6, 6.07) is 0. The lowest BCUT2D eigenvalue weighted by Gasteiger charge is -2.37. The van der Waals surface area contributed by atoms with Crippen LogP contribution in [0.5, 0.6) is 0 Å². The number of carbonyl (C=O) groups is 1. The molecule has 0 aromatic carbocycles. The molecular weight excluding hydrogens is 324 g/mol. The molecule has 0 aliphatic carbocycles. The molecule has 150 valence electrons. The fraction of sp³-hybridized carbons (Fsp3) is 0.783. The van der Waals surface area contributed by atoms with Gasteiger partial charge in [-0.05, 0) is 38.5 Å². The van der Waals surface area contributed by atoms with Crippen molar-refractivity contribution in [3.8, 4) is 0 Å². The fourth-order valence-electron chi connectivity index (χ4n) is 2.94. The lowest BCUT2D eigenvalue weighted by Crippen LogP contribution is -2.44. The van der Waals surface area contributed by atoms with Crippen molar-refractivity contribution in [2.75, 3.05) is 19.8 Å². The highest BCUT2D eigenvalue weighted by Gasteiger charge is 2.34. The van der Waals surface area contributed by atoms with Crippen LogP contribution in [0.3, 0.4) is 0 Å². The van der Waals surface area contributed by atoms with Crippen LogP contribution in [0.15, 0.2) is 24.3 Å². The van der Waals surface area contributed by atoms with Gasteiger partial charge in [0.15, 0.2) is 0 Å². The number of unbranched alkanes of at least 4 members (excludes halogenated alkanes) is 8. The quantitative estimate of drug-likeness (QED) is 0.181. The normalized spacial score (nSPS) is 16.2. The lowest BCUT2D eigenvalue weighted by molar-refractivity contribution is -0.165. The predicted molar refractivity (Wildman–Crippen MR) is 109 cm³/mol. The molecule has 1 saturated heterocycles. The zero-order valence-electron chi connectivity index (χ0n) is 17.1. The van der Waals surface area contributed by atoms with Crippen LogP contribution in [0.1, 0.15) is 90.9 Å². The molecule has 0 spiro atoms. The van der Waals surface area contributed by atoms with E-state index < -0.39 is 0 Å². The van der Waals surface area contributed by atoms with Crippen molar-refractivity contribution in [3.05, 3.63) is 24.3 Å². The number of allylic oxidation sites excluding steroid dienone is 4. The first-order valence-electron chi connectivity index (χ1n) is 10.7. The Hall–Kier alpha value is -1.09. The van der Waals surface area contributed by atoms with Crippen molar-refractivity contribution in [2.24, 2.45) is 5.41 Å². The van der Waals surface area contributed by atoms with E-state index >= 15 is 0 Å². The first-order chi connectivity index (χ1) is 12.7. The second-order valence-electron chi connectivity index (χ2n) is 7.94. The number of esters is 1. The van der Waals surface area contributed by atoms with Crippen LogP contribution in [-0.2, 0) is 14.3 Å². The van der Waals surface area contributed by atoms with Crippen LogP contribution in [-0.4, -0.2) is 25.8 Å². The van der Waals surface area contributed by atoms with Crippen LogP contribution >= 0.6 is 0 Å². The van der Waals surface area contributed by atoms with Gasteiger partial charge in [-0.1, -0.05) is 70.3 Å². The summed E-state index contributed by atoms with van der Waals surface area (Å²) in [5.41, 5.74) is 0.0635. The third-order valence-electron chi connectivity index (χ3n) is 4.81. The molecule has 0 saturated carbocycles. The third-order valence-corrected chi connectivity index (χ3v) is 4.81. The van der Waals surface area contributed by atoms with Crippen LogP contribution in [0.2, 0.25) is 0 Å². The SMILES string of the molecule is CCCCC/C=C\C/C=C\CCCCCCCC(=O)OCC1(C)COC1. The van der Waals surface area contributed by atoms with Crippen LogP contribution < -0.4 is 0 Å². The summed E-state index contributed by atoms with van der Waals surface area (Å²) in [5, 5.41) is 0. The Morgan fingerprint density at radius 1 is 0.923 bits per heavy atom. The maximum Gasteiger partial charge on any atom is 0.305 e. The smallest absolute Gasteiger partial charge is 0.305 e. The largest absolute Gasteiger partial charge is 0.465 e. The molecule has 0 radical (unpaired) electrons. The number of carbonyl (C=O) groups excluding carboxylic acids is 1. The molecule has 1 heterocycles. The average molecular weight is 365 g/mol. The summed E-state index contributed by atoms with van der Waals surface area (Å²) in [6.07, 6.45) is 22.9. The molecule has 0 N–H and O–H groups in total. The first kappa shape index (κ1) is 23.0. The van der Waals surface area contributed by atoms with Crippen LogP contribution in [0, 0.1) is 5.41 Å². The summed E-state index contributed by atoms with van der Waals surface area (Å²) < 4.78 is 10.5. The highest BCUT2D eigenvalue weighted by Crippen LogP contribution is 2.26. The van der Waals surface area contributed by atoms with Gasteiger partial charge >= 0.3 is 5.97 Å². The second kappa shape index (κ2) is 15.0. The Bertz CT molecular complexity index is 408. The number of hydrogen-bond donors (Lipinski definition) is 0. The van der Waals surface area contributed by atoms with E-state index in [9.17, 15) is 4.79 Å². The van der Waals surface area contributed by atoms with Gasteiger partial charge in [0.1, 0.15) is 6.61 Å². The fourth-order valence-corrected chi connectivity index (χ4v) is 2.94. The molecule has 0 aromatic rings. The molecule has 0 amide bonds. The van der Waals surface area contributed by atoms with Crippen molar-refractivity contribution in [1.29, 1.82) is 0 Å². The van der Waals surface area contributed by atoms with Gasteiger partial charge in [-0.15, -0.1) is 0 Å². The van der Waals surface area contributed by atoms with Crippen LogP contribution in [0.4, 0.5) is 0 Å². The monoisotopic (exact) mass is 364 g/mol. The molecule has 0 bridgehead atoms. The van der Waals surface area contributed by atoms with Crippen LogP contribution in [0.25, 0.3) is 0 Å². The van der Waals surface area contributed by atoms with E-state index in [1.165, 1.54) is 51.4 Å². The van der Waals surface area contributed by atoms with Crippen molar-refractivity contribution in [1.82, 2.24) is 0 Å². The molecule has 1 rings (SSSR count). The van der Waals surface area contributed by atoms with E-state index in [4.69, 9.17) is 9.47 Å². The van der Waals surface area contributed by atoms with Gasteiger partial charge in [0, 0.05) is 11.8 Å². The second-order valence-corrected chi connectivity index (χ2v) is 7.94. The molecule has 3 heteroatoms. The molecular formula is C23H40O3. The molecule has 1 aliphatic rings. The van der Waals surface area contributed by atoms with Gasteiger partial charge in [0.05, 0.1) is 13.2 Å². The van der Waals surface area contributed by atoms with Gasteiger partial charge in [0.25, 0.3) is 0 Å². The Kier molecular flexibility index (Phi) is 13.3. The molecule has 3 nitrogen and oxygen atoms in total. The lowest BCUT2D eigenvalue weighted by atomic mass is 9.90. The standard InChI is InChI=1S/C23H40O3/c1-3-4-5-6-7-8-9-10-11-12-13-14-15-16-17-18-22(24)26-21-23(2)19-25-20-23/h7-8,10-11H,3-6,9,12-21H2,1-2H3/b8-7-,11-10-. The third kappa shape index (κ3) is 12.3. The summed E-state index contributed by atoms with van der Waals surface area (Å²) in [4.78, 5) is 11.7. The van der Waals surface area contributed by atoms with Crippen molar-refractivity contribution >= 4 is 5.97 Å². The zero-order valence-corrected chi connectivity index (χ0v) is 17.1. The summed E-state index contributed by atoms with van der Waals surface area (Å²) in [6.45, 7) is 6.27. The van der Waals surface area contributed by atoms with Gasteiger partial charge in [-0.3, -0.25) is 4.79 Å². The maximum absolute atomic E-state index is 11.7. The number of hydrogen-bond acceptors (Lipinski definition) is 3. The Labute approximate surface area is 161 Å². The van der Waals surface area contributed by atoms with Crippen molar-refractivity contribution < 1.29 is 14.3 Å². The van der Waals surface area contributed by atoms with Gasteiger partial charge in [-0.25, -0.2) is 0 Å². The minimum Gasteiger partial charge on any atom is -0.465 e. The maximum atomic E-state index is 11.7. The van der Waals surface area contributed by atoms with E-state index in [1.54, 1.807) is 0 Å². The molecule has 0 aromatic heterocycles. The summed E-state index contributed by atoms with van der Waals surface area (Å²) in [7, 11) is 0. The molecule has 0 atom stereocenters. The molecule has 26 heavy (non-hydrogen) atoms. The first-order valence-corrected chi connectivity index (χ1v) is 10.7. The average Bonchev–Trinajstić information content (AvgIpc) is 2.61. The number of ether oxygens (including phenoxy) is 2. The minimum atomic E-state index is -0.0520. The summed E-state index contributed by atoms with van der Waals surface area (Å²) >= 11 is 0.